The Morgan fingerprint density at radius 3 is 3.00 bits per heavy atom. The smallest absolute Gasteiger partial charge is 0.491 e. The van der Waals surface area contributed by atoms with E-state index in [1.165, 1.54) is 0 Å². The van der Waals surface area contributed by atoms with Gasteiger partial charge >= 0.3 is 7.12 Å². The average molecular weight is 286 g/mol. The van der Waals surface area contributed by atoms with Gasteiger partial charge in [-0.15, -0.1) is 12.4 Å². The summed E-state index contributed by atoms with van der Waals surface area (Å²) in [6, 6.07) is 5.91. The topological polar surface area (TPSA) is 62.9 Å². The molecule has 0 aromatic heterocycles. The van der Waals surface area contributed by atoms with Gasteiger partial charge in [-0.3, -0.25) is 0 Å². The molecule has 19 heavy (non-hydrogen) atoms. The van der Waals surface area contributed by atoms with Crippen molar-refractivity contribution < 1.29 is 18.8 Å². The molecule has 0 saturated carbocycles. The van der Waals surface area contributed by atoms with Gasteiger partial charge in [-0.05, 0) is 11.6 Å². The summed E-state index contributed by atoms with van der Waals surface area (Å²) < 4.78 is 22.6. The molecular formula is C12H17BClNO4. The minimum atomic E-state index is -0.396. The average Bonchev–Trinajstić information content (AvgIpc) is 2.65. The lowest BCUT2D eigenvalue weighted by molar-refractivity contribution is 0.0318. The van der Waals surface area contributed by atoms with Crippen LogP contribution in [0.2, 0.25) is 0 Å². The molecular weight excluding hydrogens is 268 g/mol. The van der Waals surface area contributed by atoms with E-state index in [-0.39, 0.29) is 24.6 Å². The van der Waals surface area contributed by atoms with Crippen molar-refractivity contribution in [2.45, 2.75) is 12.2 Å². The second-order valence-electron chi connectivity index (χ2n) is 4.48. The third kappa shape index (κ3) is 2.59. The minimum absolute atomic E-state index is 0. The summed E-state index contributed by atoms with van der Waals surface area (Å²) >= 11 is 0. The second-order valence-corrected chi connectivity index (χ2v) is 4.48. The summed E-state index contributed by atoms with van der Waals surface area (Å²) in [5.74, 6) is 0.826. The Labute approximate surface area is 118 Å². The van der Waals surface area contributed by atoms with E-state index < -0.39 is 7.12 Å². The van der Waals surface area contributed by atoms with E-state index in [9.17, 15) is 0 Å². The molecule has 0 amide bonds. The van der Waals surface area contributed by atoms with E-state index in [2.05, 4.69) is 0 Å². The highest BCUT2D eigenvalue weighted by Gasteiger charge is 2.42. The first-order chi connectivity index (χ1) is 8.83. The van der Waals surface area contributed by atoms with E-state index in [1.807, 2.05) is 18.2 Å². The van der Waals surface area contributed by atoms with Crippen LogP contribution >= 0.6 is 12.4 Å². The zero-order chi connectivity index (χ0) is 12.5. The van der Waals surface area contributed by atoms with Crippen LogP contribution < -0.4 is 15.9 Å². The predicted molar refractivity (Wildman–Crippen MR) is 74.2 cm³/mol. The molecule has 5 nitrogen and oxygen atoms in total. The number of halogens is 1. The van der Waals surface area contributed by atoms with Gasteiger partial charge in [-0.2, -0.15) is 0 Å². The van der Waals surface area contributed by atoms with Gasteiger partial charge in [0.15, 0.2) is 0 Å². The Hall–Kier alpha value is -0.785. The summed E-state index contributed by atoms with van der Waals surface area (Å²) in [6.45, 7) is 1.39. The number of hydrogen-bond donors (Lipinski definition) is 1. The number of ether oxygens (including phenoxy) is 2. The monoisotopic (exact) mass is 285 g/mol. The molecule has 2 N–H and O–H groups in total. The molecule has 0 spiro atoms. The first-order valence-corrected chi connectivity index (χ1v) is 6.09. The number of hydrogen-bond acceptors (Lipinski definition) is 5. The van der Waals surface area contributed by atoms with E-state index in [0.29, 0.717) is 19.8 Å². The predicted octanol–water partition coefficient (Wildman–Crippen LogP) is 0.258. The van der Waals surface area contributed by atoms with Crippen molar-refractivity contribution in [3.8, 4) is 5.75 Å². The third-order valence-corrected chi connectivity index (χ3v) is 3.28. The Balaban J connectivity index is 0.00000133. The van der Waals surface area contributed by atoms with Gasteiger partial charge < -0.3 is 24.5 Å². The van der Waals surface area contributed by atoms with E-state index in [1.54, 1.807) is 7.11 Å². The Morgan fingerprint density at radius 1 is 1.42 bits per heavy atom. The molecule has 7 heteroatoms. The molecule has 1 aromatic carbocycles. The molecule has 2 heterocycles. The minimum Gasteiger partial charge on any atom is -0.491 e. The molecule has 2 atom stereocenters. The number of rotatable bonds is 3. The SMILES string of the molecule is COCC1COc2cccc3c2B(O1)OC3CN.Cl. The molecule has 0 saturated heterocycles. The van der Waals surface area contributed by atoms with E-state index in [4.69, 9.17) is 24.5 Å². The van der Waals surface area contributed by atoms with Gasteiger partial charge in [0, 0.05) is 19.1 Å². The maximum atomic E-state index is 5.88. The van der Waals surface area contributed by atoms with E-state index >= 15 is 0 Å². The van der Waals surface area contributed by atoms with Crippen LogP contribution in [0, 0.1) is 0 Å². The first-order valence-electron chi connectivity index (χ1n) is 6.09. The molecule has 0 bridgehead atoms. The summed E-state index contributed by atoms with van der Waals surface area (Å²) in [7, 11) is 1.25. The maximum Gasteiger partial charge on any atom is 0.498 e. The molecule has 104 valence electrons. The molecule has 0 radical (unpaired) electrons. The van der Waals surface area contributed by atoms with Gasteiger partial charge in [0.05, 0.1) is 12.7 Å². The highest BCUT2D eigenvalue weighted by molar-refractivity contribution is 6.64. The first kappa shape index (κ1) is 14.6. The van der Waals surface area contributed by atoms with Crippen LogP contribution in [0.15, 0.2) is 18.2 Å². The van der Waals surface area contributed by atoms with Crippen LogP contribution in [-0.4, -0.2) is 40.1 Å². The van der Waals surface area contributed by atoms with Crippen molar-refractivity contribution in [3.05, 3.63) is 23.8 Å². The van der Waals surface area contributed by atoms with Crippen LogP contribution in [0.25, 0.3) is 0 Å². The molecule has 0 fully saturated rings. The van der Waals surface area contributed by atoms with Crippen molar-refractivity contribution in [3.63, 3.8) is 0 Å². The van der Waals surface area contributed by atoms with Crippen molar-refractivity contribution >= 4 is 25.0 Å². The summed E-state index contributed by atoms with van der Waals surface area (Å²) in [4.78, 5) is 0. The number of nitrogens with two attached hydrogens (primary N) is 1. The molecule has 2 aliphatic rings. The fraction of sp³-hybridized carbons (Fsp3) is 0.500. The molecule has 0 aliphatic carbocycles. The van der Waals surface area contributed by atoms with Crippen LogP contribution in [0.3, 0.4) is 0 Å². The quantitative estimate of drug-likeness (QED) is 0.807. The van der Waals surface area contributed by atoms with Gasteiger partial charge in [0.2, 0.25) is 0 Å². The maximum absolute atomic E-state index is 5.88. The Bertz CT molecular complexity index is 448. The Morgan fingerprint density at radius 2 is 2.26 bits per heavy atom. The summed E-state index contributed by atoms with van der Waals surface area (Å²) in [5.41, 5.74) is 7.77. The largest absolute Gasteiger partial charge is 0.498 e. The molecule has 1 aromatic rings. The van der Waals surface area contributed by atoms with E-state index in [0.717, 1.165) is 16.8 Å². The molecule has 2 aliphatic heterocycles. The van der Waals surface area contributed by atoms with Crippen LogP contribution in [0.4, 0.5) is 0 Å². The lowest BCUT2D eigenvalue weighted by Gasteiger charge is -2.17. The third-order valence-electron chi connectivity index (χ3n) is 3.28. The molecule has 3 rings (SSSR count). The van der Waals surface area contributed by atoms with Crippen molar-refractivity contribution in [2.24, 2.45) is 5.73 Å². The lowest BCUT2D eigenvalue weighted by Crippen LogP contribution is -2.37. The zero-order valence-electron chi connectivity index (χ0n) is 10.7. The zero-order valence-corrected chi connectivity index (χ0v) is 11.5. The fourth-order valence-corrected chi connectivity index (χ4v) is 2.46. The van der Waals surface area contributed by atoms with Crippen molar-refractivity contribution in [2.75, 3.05) is 26.9 Å². The highest BCUT2D eigenvalue weighted by Crippen LogP contribution is 2.30. The lowest BCUT2D eigenvalue weighted by atomic mass is 9.77. The summed E-state index contributed by atoms with van der Waals surface area (Å²) in [5, 5.41) is 0. The number of methoxy groups -OCH3 is 1. The second kappa shape index (κ2) is 6.11. The van der Waals surface area contributed by atoms with Gasteiger partial charge in [-0.25, -0.2) is 0 Å². The van der Waals surface area contributed by atoms with Gasteiger partial charge in [0.1, 0.15) is 18.5 Å². The van der Waals surface area contributed by atoms with Crippen molar-refractivity contribution in [1.82, 2.24) is 0 Å². The highest BCUT2D eigenvalue weighted by atomic mass is 35.5. The number of benzene rings is 1. The van der Waals surface area contributed by atoms with Gasteiger partial charge in [-0.1, -0.05) is 12.1 Å². The van der Waals surface area contributed by atoms with Gasteiger partial charge in [0.25, 0.3) is 0 Å². The Kier molecular flexibility index (Phi) is 4.70. The van der Waals surface area contributed by atoms with Crippen molar-refractivity contribution in [1.29, 1.82) is 0 Å². The normalized spacial score (nSPS) is 24.2. The molecule has 2 unspecified atom stereocenters. The van der Waals surface area contributed by atoms with Crippen LogP contribution in [-0.2, 0) is 14.0 Å². The standard InChI is InChI=1S/C12H16BNO4.ClH/c1-15-6-8-7-16-10-4-2-3-9-11(5-14)18-13(17-8)12(9)10;/h2-4,8,11H,5-7,14H2,1H3;1H. The van der Waals surface area contributed by atoms with Crippen LogP contribution in [0.5, 0.6) is 5.75 Å². The summed E-state index contributed by atoms with van der Waals surface area (Å²) in [6.07, 6.45) is -0.244. The van der Waals surface area contributed by atoms with Crippen LogP contribution in [0.1, 0.15) is 11.7 Å². The fourth-order valence-electron chi connectivity index (χ4n) is 2.46.